The minimum atomic E-state index is 0.222. The molecule has 1 aliphatic rings. The summed E-state index contributed by atoms with van der Waals surface area (Å²) in [5.74, 6) is 1.01. The SMILES string of the molecule is CCn1c(O)c(C=C2C=Nc3ccccc32)sc1=Nc1ccc(OC)cc1. The van der Waals surface area contributed by atoms with E-state index in [0.29, 0.717) is 6.54 Å². The lowest BCUT2D eigenvalue weighted by Crippen LogP contribution is -2.12. The Morgan fingerprint density at radius 3 is 2.70 bits per heavy atom. The number of methoxy groups -OCH3 is 1. The number of aliphatic imine (C=N–C) groups is 1. The van der Waals surface area contributed by atoms with Crippen molar-refractivity contribution in [3.8, 4) is 11.6 Å². The molecule has 1 N–H and O–H groups in total. The lowest BCUT2D eigenvalue weighted by atomic mass is 10.1. The van der Waals surface area contributed by atoms with Crippen LogP contribution in [-0.2, 0) is 6.54 Å². The number of aromatic hydroxyl groups is 1. The van der Waals surface area contributed by atoms with Crippen molar-refractivity contribution in [2.24, 2.45) is 9.98 Å². The van der Waals surface area contributed by atoms with Crippen molar-refractivity contribution < 1.29 is 9.84 Å². The lowest BCUT2D eigenvalue weighted by molar-refractivity contribution is 0.414. The number of rotatable bonds is 4. The number of fused-ring (bicyclic) bond motifs is 1. The van der Waals surface area contributed by atoms with Gasteiger partial charge in [-0.1, -0.05) is 29.5 Å². The summed E-state index contributed by atoms with van der Waals surface area (Å²) < 4.78 is 6.99. The first-order valence-electron chi connectivity index (χ1n) is 8.66. The summed E-state index contributed by atoms with van der Waals surface area (Å²) in [6.07, 6.45) is 3.80. The van der Waals surface area contributed by atoms with Gasteiger partial charge in [0, 0.05) is 23.9 Å². The van der Waals surface area contributed by atoms with Crippen molar-refractivity contribution in [2.45, 2.75) is 13.5 Å². The van der Waals surface area contributed by atoms with E-state index >= 15 is 0 Å². The van der Waals surface area contributed by atoms with E-state index in [1.54, 1.807) is 11.7 Å². The van der Waals surface area contributed by atoms with Crippen LogP contribution in [0.2, 0.25) is 0 Å². The van der Waals surface area contributed by atoms with E-state index in [-0.39, 0.29) is 5.88 Å². The van der Waals surface area contributed by atoms with E-state index < -0.39 is 0 Å². The first-order chi connectivity index (χ1) is 13.2. The quantitative estimate of drug-likeness (QED) is 0.712. The van der Waals surface area contributed by atoms with Crippen LogP contribution in [-0.4, -0.2) is 23.0 Å². The van der Waals surface area contributed by atoms with Crippen molar-refractivity contribution in [3.05, 3.63) is 63.8 Å². The predicted octanol–water partition coefficient (Wildman–Crippen LogP) is 4.77. The zero-order valence-electron chi connectivity index (χ0n) is 15.1. The van der Waals surface area contributed by atoms with Gasteiger partial charge in [-0.15, -0.1) is 0 Å². The highest BCUT2D eigenvalue weighted by atomic mass is 32.1. The first kappa shape index (κ1) is 17.3. The minimum absolute atomic E-state index is 0.222. The monoisotopic (exact) mass is 377 g/mol. The van der Waals surface area contributed by atoms with Crippen LogP contribution in [0.1, 0.15) is 17.4 Å². The van der Waals surface area contributed by atoms with E-state index in [2.05, 4.69) is 4.99 Å². The fourth-order valence-corrected chi connectivity index (χ4v) is 4.01. The van der Waals surface area contributed by atoms with Crippen LogP contribution < -0.4 is 9.54 Å². The molecule has 136 valence electrons. The predicted molar refractivity (Wildman–Crippen MR) is 110 cm³/mol. The summed E-state index contributed by atoms with van der Waals surface area (Å²) in [6, 6.07) is 15.5. The molecule has 3 aromatic rings. The number of hydrogen-bond donors (Lipinski definition) is 1. The minimum Gasteiger partial charge on any atom is -0.497 e. The van der Waals surface area contributed by atoms with Crippen LogP contribution in [0.5, 0.6) is 11.6 Å². The maximum atomic E-state index is 10.7. The highest BCUT2D eigenvalue weighted by Gasteiger charge is 2.15. The summed E-state index contributed by atoms with van der Waals surface area (Å²) in [5.41, 5.74) is 3.82. The number of ether oxygens (including phenoxy) is 1. The standard InChI is InChI=1S/C21H19N3O2S/c1-3-24-20(25)19(12-14-13-22-18-7-5-4-6-17(14)18)27-21(24)23-15-8-10-16(26-2)11-9-15/h4-13,25H,3H2,1-2H3. The second-order valence-corrected chi connectivity index (χ2v) is 7.01. The third-order valence-corrected chi connectivity index (χ3v) is 5.38. The largest absolute Gasteiger partial charge is 0.497 e. The summed E-state index contributed by atoms with van der Waals surface area (Å²) in [6.45, 7) is 2.62. The Labute approximate surface area is 161 Å². The number of hydrogen-bond acceptors (Lipinski definition) is 5. The molecule has 0 unspecified atom stereocenters. The Hall–Kier alpha value is -3.12. The van der Waals surface area contributed by atoms with Crippen molar-refractivity contribution in [3.63, 3.8) is 0 Å². The van der Waals surface area contributed by atoms with Crippen LogP contribution in [0.3, 0.4) is 0 Å². The molecule has 27 heavy (non-hydrogen) atoms. The zero-order valence-corrected chi connectivity index (χ0v) is 15.9. The zero-order chi connectivity index (χ0) is 18.8. The smallest absolute Gasteiger partial charge is 0.211 e. The molecule has 1 aliphatic heterocycles. The average molecular weight is 377 g/mol. The number of thiazole rings is 1. The molecule has 2 heterocycles. The molecule has 5 nitrogen and oxygen atoms in total. The van der Waals surface area contributed by atoms with E-state index in [1.807, 2.05) is 67.7 Å². The van der Waals surface area contributed by atoms with E-state index in [1.165, 1.54) is 11.3 Å². The first-order valence-corrected chi connectivity index (χ1v) is 9.48. The third-order valence-electron chi connectivity index (χ3n) is 4.37. The summed E-state index contributed by atoms with van der Waals surface area (Å²) >= 11 is 1.45. The highest BCUT2D eigenvalue weighted by molar-refractivity contribution is 7.10. The molecule has 0 aliphatic carbocycles. The molecule has 0 bridgehead atoms. The van der Waals surface area contributed by atoms with Gasteiger partial charge in [-0.25, -0.2) is 4.99 Å². The van der Waals surface area contributed by atoms with Gasteiger partial charge in [0.15, 0.2) is 4.80 Å². The molecule has 1 aromatic heterocycles. The highest BCUT2D eigenvalue weighted by Crippen LogP contribution is 2.34. The van der Waals surface area contributed by atoms with Gasteiger partial charge in [0.05, 0.1) is 23.4 Å². The molecule has 0 saturated carbocycles. The van der Waals surface area contributed by atoms with Crippen molar-refractivity contribution >= 4 is 40.6 Å². The number of benzene rings is 2. The topological polar surface area (TPSA) is 59.1 Å². The van der Waals surface area contributed by atoms with Gasteiger partial charge in [-0.05, 0) is 43.3 Å². The second kappa shape index (κ2) is 7.25. The van der Waals surface area contributed by atoms with Crippen LogP contribution in [0.25, 0.3) is 11.6 Å². The Morgan fingerprint density at radius 2 is 1.96 bits per heavy atom. The molecule has 4 rings (SSSR count). The Kier molecular flexibility index (Phi) is 4.64. The maximum Gasteiger partial charge on any atom is 0.211 e. The number of allylic oxidation sites excluding steroid dienone is 1. The second-order valence-electron chi connectivity index (χ2n) is 6.00. The Morgan fingerprint density at radius 1 is 1.19 bits per heavy atom. The fraction of sp³-hybridized carbons (Fsp3) is 0.143. The van der Waals surface area contributed by atoms with Gasteiger partial charge in [0.2, 0.25) is 5.88 Å². The Bertz CT molecular complexity index is 1110. The number of aromatic nitrogens is 1. The van der Waals surface area contributed by atoms with Gasteiger partial charge in [0.25, 0.3) is 0 Å². The molecule has 0 saturated heterocycles. The normalized spacial score (nSPS) is 14.7. The molecule has 0 spiro atoms. The molecular weight excluding hydrogens is 358 g/mol. The van der Waals surface area contributed by atoms with Crippen LogP contribution in [0.4, 0.5) is 11.4 Å². The maximum absolute atomic E-state index is 10.7. The van der Waals surface area contributed by atoms with Gasteiger partial charge in [-0.3, -0.25) is 9.56 Å². The molecule has 2 aromatic carbocycles. The molecule has 0 fully saturated rings. The van der Waals surface area contributed by atoms with Crippen molar-refractivity contribution in [2.75, 3.05) is 7.11 Å². The fourth-order valence-electron chi connectivity index (χ4n) is 2.95. The third kappa shape index (κ3) is 3.31. The lowest BCUT2D eigenvalue weighted by Gasteiger charge is -2.01. The van der Waals surface area contributed by atoms with E-state index in [9.17, 15) is 5.11 Å². The van der Waals surface area contributed by atoms with E-state index in [4.69, 9.17) is 9.73 Å². The number of para-hydroxylation sites is 1. The molecule has 6 heteroatoms. The molecular formula is C21H19N3O2S. The van der Waals surface area contributed by atoms with Gasteiger partial charge < -0.3 is 9.84 Å². The van der Waals surface area contributed by atoms with E-state index in [0.717, 1.165) is 37.9 Å². The van der Waals surface area contributed by atoms with Crippen LogP contribution >= 0.6 is 11.3 Å². The molecule has 0 atom stereocenters. The van der Waals surface area contributed by atoms with Crippen molar-refractivity contribution in [1.29, 1.82) is 0 Å². The molecule has 0 amide bonds. The summed E-state index contributed by atoms with van der Waals surface area (Å²) in [5, 5.41) is 10.7. The summed E-state index contributed by atoms with van der Waals surface area (Å²) in [4.78, 5) is 10.6. The average Bonchev–Trinajstić information content (AvgIpc) is 3.24. The van der Waals surface area contributed by atoms with Gasteiger partial charge >= 0.3 is 0 Å². The summed E-state index contributed by atoms with van der Waals surface area (Å²) in [7, 11) is 1.64. The van der Waals surface area contributed by atoms with Gasteiger partial charge in [0.1, 0.15) is 5.75 Å². The van der Waals surface area contributed by atoms with Crippen molar-refractivity contribution in [1.82, 2.24) is 4.57 Å². The Balaban J connectivity index is 1.77. The molecule has 0 radical (unpaired) electrons. The van der Waals surface area contributed by atoms with Crippen LogP contribution in [0, 0.1) is 0 Å². The number of nitrogens with zero attached hydrogens (tertiary/aromatic N) is 3. The van der Waals surface area contributed by atoms with Crippen LogP contribution in [0.15, 0.2) is 58.5 Å². The van der Waals surface area contributed by atoms with Gasteiger partial charge in [-0.2, -0.15) is 0 Å².